The molecule has 20 heavy (non-hydrogen) atoms. The van der Waals surface area contributed by atoms with Gasteiger partial charge in [-0.2, -0.15) is 0 Å². The van der Waals surface area contributed by atoms with E-state index in [1.165, 1.54) is 25.5 Å². The van der Waals surface area contributed by atoms with E-state index in [1.54, 1.807) is 0 Å². The summed E-state index contributed by atoms with van der Waals surface area (Å²) >= 11 is 0. The zero-order chi connectivity index (χ0) is 13.9. The summed E-state index contributed by atoms with van der Waals surface area (Å²) in [6.45, 7) is 0.249. The van der Waals surface area contributed by atoms with Crippen LogP contribution < -0.4 is 10.1 Å². The molecule has 4 heteroatoms. The predicted octanol–water partition coefficient (Wildman–Crippen LogP) is 2.44. The van der Waals surface area contributed by atoms with Crippen molar-refractivity contribution in [3.8, 4) is 5.75 Å². The number of benzene rings is 1. The number of esters is 1. The van der Waals surface area contributed by atoms with Crippen molar-refractivity contribution >= 4 is 5.97 Å². The highest BCUT2D eigenvalue weighted by atomic mass is 16.5. The molecule has 4 nitrogen and oxygen atoms in total. The van der Waals surface area contributed by atoms with Crippen LogP contribution in [0.5, 0.6) is 5.75 Å². The number of para-hydroxylation sites is 1. The van der Waals surface area contributed by atoms with E-state index >= 15 is 0 Å². The fourth-order valence-corrected chi connectivity index (χ4v) is 3.42. The van der Waals surface area contributed by atoms with Crippen LogP contribution in [0.2, 0.25) is 0 Å². The molecule has 1 fully saturated rings. The smallest absolute Gasteiger partial charge is 0.319 e. The molecule has 1 aromatic carbocycles. The van der Waals surface area contributed by atoms with E-state index in [-0.39, 0.29) is 24.7 Å². The molecule has 0 amide bonds. The number of carbonyl (C=O) groups is 1. The standard InChI is InChI=1S/C16H21NO3/c1-19-15(18)10-17-16-11-6-2-4-8-13(11)20-14-9-5-3-7-12(14)16/h2,4,6,8,12,14,16-17H,3,5,7,9-10H2,1H3/t12?,14-,16?/m1/s1. The molecule has 3 atom stereocenters. The maximum Gasteiger partial charge on any atom is 0.319 e. The van der Waals surface area contributed by atoms with Gasteiger partial charge in [-0.1, -0.05) is 24.6 Å². The maximum absolute atomic E-state index is 11.4. The molecule has 1 saturated carbocycles. The van der Waals surface area contributed by atoms with Crippen molar-refractivity contribution in [3.05, 3.63) is 29.8 Å². The van der Waals surface area contributed by atoms with Crippen molar-refractivity contribution in [2.75, 3.05) is 13.7 Å². The molecule has 0 spiro atoms. The number of methoxy groups -OCH3 is 1. The average molecular weight is 275 g/mol. The van der Waals surface area contributed by atoms with Crippen LogP contribution in [0.1, 0.15) is 37.3 Å². The van der Waals surface area contributed by atoms with Crippen LogP contribution >= 0.6 is 0 Å². The summed E-state index contributed by atoms with van der Waals surface area (Å²) in [7, 11) is 1.42. The Morgan fingerprint density at radius 3 is 3.00 bits per heavy atom. The molecular weight excluding hydrogens is 254 g/mol. The minimum atomic E-state index is -0.221. The minimum absolute atomic E-state index is 0.185. The van der Waals surface area contributed by atoms with E-state index < -0.39 is 0 Å². The minimum Gasteiger partial charge on any atom is -0.490 e. The summed E-state index contributed by atoms with van der Waals surface area (Å²) < 4.78 is 10.9. The van der Waals surface area contributed by atoms with Crippen LogP contribution in [0.25, 0.3) is 0 Å². The van der Waals surface area contributed by atoms with Crippen molar-refractivity contribution in [1.29, 1.82) is 0 Å². The zero-order valence-corrected chi connectivity index (χ0v) is 11.8. The van der Waals surface area contributed by atoms with Gasteiger partial charge in [-0.05, 0) is 25.3 Å². The van der Waals surface area contributed by atoms with E-state index in [4.69, 9.17) is 9.47 Å². The SMILES string of the molecule is COC(=O)CNC1c2ccccc2O[C@@H]2CCCCC12. The Kier molecular flexibility index (Phi) is 3.92. The third kappa shape index (κ3) is 2.52. The first-order valence-electron chi connectivity index (χ1n) is 7.35. The number of rotatable bonds is 3. The van der Waals surface area contributed by atoms with Gasteiger partial charge in [0, 0.05) is 17.5 Å². The maximum atomic E-state index is 11.4. The highest BCUT2D eigenvalue weighted by Crippen LogP contribution is 2.44. The number of nitrogens with one attached hydrogen (secondary N) is 1. The fraction of sp³-hybridized carbons (Fsp3) is 0.562. The number of hydrogen-bond donors (Lipinski definition) is 1. The van der Waals surface area contributed by atoms with Gasteiger partial charge in [-0.25, -0.2) is 0 Å². The van der Waals surface area contributed by atoms with Gasteiger partial charge >= 0.3 is 5.97 Å². The summed E-state index contributed by atoms with van der Waals surface area (Å²) in [6.07, 6.45) is 5.00. The van der Waals surface area contributed by atoms with Gasteiger partial charge < -0.3 is 9.47 Å². The monoisotopic (exact) mass is 275 g/mol. The number of hydrogen-bond acceptors (Lipinski definition) is 4. The van der Waals surface area contributed by atoms with Gasteiger partial charge in [0.05, 0.1) is 13.7 Å². The Morgan fingerprint density at radius 1 is 1.35 bits per heavy atom. The van der Waals surface area contributed by atoms with Gasteiger partial charge in [0.1, 0.15) is 11.9 Å². The molecule has 3 rings (SSSR count). The fourth-order valence-electron chi connectivity index (χ4n) is 3.42. The van der Waals surface area contributed by atoms with E-state index in [0.717, 1.165) is 18.6 Å². The molecule has 0 saturated heterocycles. The van der Waals surface area contributed by atoms with E-state index in [9.17, 15) is 4.79 Å². The Labute approximate surface area is 119 Å². The van der Waals surface area contributed by atoms with Gasteiger partial charge in [-0.3, -0.25) is 10.1 Å². The first-order valence-corrected chi connectivity index (χ1v) is 7.35. The van der Waals surface area contributed by atoms with Gasteiger partial charge in [0.2, 0.25) is 0 Å². The van der Waals surface area contributed by atoms with Crippen molar-refractivity contribution in [2.45, 2.75) is 37.8 Å². The molecular formula is C16H21NO3. The summed E-state index contributed by atoms with van der Waals surface area (Å²) in [5.41, 5.74) is 1.17. The van der Waals surface area contributed by atoms with Crippen molar-refractivity contribution in [1.82, 2.24) is 5.32 Å². The molecule has 108 valence electrons. The Balaban J connectivity index is 1.84. The quantitative estimate of drug-likeness (QED) is 0.861. The summed E-state index contributed by atoms with van der Waals surface area (Å²) in [6, 6.07) is 8.32. The van der Waals surface area contributed by atoms with Gasteiger partial charge in [0.25, 0.3) is 0 Å². The van der Waals surface area contributed by atoms with Crippen molar-refractivity contribution < 1.29 is 14.3 Å². The molecule has 1 aliphatic carbocycles. The molecule has 0 aromatic heterocycles. The second-order valence-electron chi connectivity index (χ2n) is 5.58. The largest absolute Gasteiger partial charge is 0.490 e. The molecule has 2 unspecified atom stereocenters. The third-order valence-electron chi connectivity index (χ3n) is 4.41. The number of fused-ring (bicyclic) bond motifs is 2. The van der Waals surface area contributed by atoms with E-state index in [2.05, 4.69) is 11.4 Å². The lowest BCUT2D eigenvalue weighted by Gasteiger charge is -2.42. The van der Waals surface area contributed by atoms with Gasteiger partial charge in [0.15, 0.2) is 0 Å². The molecule has 0 radical (unpaired) electrons. The second-order valence-corrected chi connectivity index (χ2v) is 5.58. The lowest BCUT2D eigenvalue weighted by atomic mass is 9.77. The third-order valence-corrected chi connectivity index (χ3v) is 4.41. The van der Waals surface area contributed by atoms with Crippen LogP contribution in [0.4, 0.5) is 0 Å². The summed E-state index contributed by atoms with van der Waals surface area (Å²) in [5.74, 6) is 1.18. The lowest BCUT2D eigenvalue weighted by molar-refractivity contribution is -0.139. The van der Waals surface area contributed by atoms with Crippen molar-refractivity contribution in [2.24, 2.45) is 5.92 Å². The van der Waals surface area contributed by atoms with E-state index in [1.807, 2.05) is 18.2 Å². The van der Waals surface area contributed by atoms with Crippen LogP contribution in [0, 0.1) is 5.92 Å². The van der Waals surface area contributed by atoms with Gasteiger partial charge in [-0.15, -0.1) is 0 Å². The zero-order valence-electron chi connectivity index (χ0n) is 11.8. The first kappa shape index (κ1) is 13.4. The molecule has 0 bridgehead atoms. The number of carbonyl (C=O) groups excluding carboxylic acids is 1. The average Bonchev–Trinajstić information content (AvgIpc) is 2.51. The first-order chi connectivity index (χ1) is 9.79. The Morgan fingerprint density at radius 2 is 2.15 bits per heavy atom. The summed E-state index contributed by atoms with van der Waals surface area (Å²) in [5, 5.41) is 3.37. The molecule has 2 aliphatic rings. The predicted molar refractivity (Wildman–Crippen MR) is 75.6 cm³/mol. The molecule has 1 heterocycles. The highest BCUT2D eigenvalue weighted by molar-refractivity contribution is 5.71. The highest BCUT2D eigenvalue weighted by Gasteiger charge is 2.39. The molecule has 1 aliphatic heterocycles. The number of ether oxygens (including phenoxy) is 2. The Bertz CT molecular complexity index is 488. The van der Waals surface area contributed by atoms with Crippen LogP contribution in [0.15, 0.2) is 24.3 Å². The van der Waals surface area contributed by atoms with Crippen LogP contribution in [0.3, 0.4) is 0 Å². The van der Waals surface area contributed by atoms with Crippen LogP contribution in [-0.2, 0) is 9.53 Å². The Hall–Kier alpha value is -1.55. The summed E-state index contributed by atoms with van der Waals surface area (Å²) in [4.78, 5) is 11.4. The lowest BCUT2D eigenvalue weighted by Crippen LogP contribution is -2.44. The topological polar surface area (TPSA) is 47.6 Å². The van der Waals surface area contributed by atoms with Crippen LogP contribution in [-0.4, -0.2) is 25.7 Å². The normalized spacial score (nSPS) is 27.9. The van der Waals surface area contributed by atoms with E-state index in [0.29, 0.717) is 5.92 Å². The second kappa shape index (κ2) is 5.83. The van der Waals surface area contributed by atoms with Crippen molar-refractivity contribution in [3.63, 3.8) is 0 Å². The molecule has 1 N–H and O–H groups in total. The molecule has 1 aromatic rings.